The van der Waals surface area contributed by atoms with Crippen LogP contribution in [0.2, 0.25) is 10.0 Å². The number of halogens is 2. The van der Waals surface area contributed by atoms with Crippen LogP contribution in [0.3, 0.4) is 0 Å². The maximum Gasteiger partial charge on any atom is 0.264 e. The molecule has 0 saturated carbocycles. The number of nitrogens with zero attached hydrogens (tertiary/aromatic N) is 2. The highest BCUT2D eigenvalue weighted by molar-refractivity contribution is 7.92. The molecule has 7 nitrogen and oxygen atoms in total. The van der Waals surface area contributed by atoms with Gasteiger partial charge in [-0.3, -0.25) is 13.9 Å². The summed E-state index contributed by atoms with van der Waals surface area (Å²) in [5.41, 5.74) is 2.75. The Morgan fingerprint density at radius 1 is 0.947 bits per heavy atom. The molecule has 3 rings (SSSR count). The Kier molecular flexibility index (Phi) is 9.82. The number of amides is 2. The van der Waals surface area contributed by atoms with Gasteiger partial charge in [0.05, 0.1) is 15.6 Å². The van der Waals surface area contributed by atoms with Crippen LogP contribution in [0.4, 0.5) is 5.69 Å². The van der Waals surface area contributed by atoms with Crippen molar-refractivity contribution < 1.29 is 18.0 Å². The van der Waals surface area contributed by atoms with Crippen molar-refractivity contribution in [3.05, 3.63) is 93.5 Å². The van der Waals surface area contributed by atoms with Crippen LogP contribution in [0.5, 0.6) is 0 Å². The van der Waals surface area contributed by atoms with Crippen molar-refractivity contribution in [1.82, 2.24) is 10.2 Å². The maximum absolute atomic E-state index is 13.9. The minimum atomic E-state index is -4.23. The van der Waals surface area contributed by atoms with Gasteiger partial charge in [-0.05, 0) is 63.6 Å². The fourth-order valence-electron chi connectivity index (χ4n) is 3.94. The lowest BCUT2D eigenvalue weighted by atomic mass is 10.1. The highest BCUT2D eigenvalue weighted by Gasteiger charge is 2.33. The Morgan fingerprint density at radius 2 is 1.63 bits per heavy atom. The third-order valence-electron chi connectivity index (χ3n) is 6.02. The minimum absolute atomic E-state index is 0.00560. The molecule has 202 valence electrons. The zero-order valence-corrected chi connectivity index (χ0v) is 24.1. The molecule has 3 aromatic rings. The molecule has 3 aromatic carbocycles. The summed E-state index contributed by atoms with van der Waals surface area (Å²) >= 11 is 12.6. The van der Waals surface area contributed by atoms with E-state index in [1.807, 2.05) is 38.1 Å². The first-order chi connectivity index (χ1) is 17.9. The van der Waals surface area contributed by atoms with E-state index < -0.39 is 28.5 Å². The third kappa shape index (κ3) is 7.07. The van der Waals surface area contributed by atoms with Gasteiger partial charge in [-0.2, -0.15) is 0 Å². The molecular weight excluding hydrogens is 545 g/mol. The highest BCUT2D eigenvalue weighted by atomic mass is 35.5. The molecule has 1 N–H and O–H groups in total. The molecule has 0 aromatic heterocycles. The summed E-state index contributed by atoms with van der Waals surface area (Å²) in [6, 6.07) is 17.4. The normalized spacial score (nSPS) is 12.1. The van der Waals surface area contributed by atoms with Gasteiger partial charge in [-0.1, -0.05) is 70.7 Å². The number of aryl methyl sites for hydroxylation is 2. The smallest absolute Gasteiger partial charge is 0.264 e. The Balaban J connectivity index is 2.08. The van der Waals surface area contributed by atoms with Crippen LogP contribution in [0.1, 0.15) is 30.5 Å². The monoisotopic (exact) mass is 575 g/mol. The largest absolute Gasteiger partial charge is 0.355 e. The molecule has 0 radical (unpaired) electrons. The molecule has 0 heterocycles. The molecule has 0 bridgehead atoms. The topological polar surface area (TPSA) is 86.8 Å². The predicted molar refractivity (Wildman–Crippen MR) is 152 cm³/mol. The fraction of sp³-hybridized carbons (Fsp3) is 0.286. The number of hydrogen-bond donors (Lipinski definition) is 1. The summed E-state index contributed by atoms with van der Waals surface area (Å²) in [6.45, 7) is 7.09. The fourth-order valence-corrected chi connectivity index (χ4v) is 5.80. The zero-order chi connectivity index (χ0) is 28.0. The first-order valence-electron chi connectivity index (χ1n) is 12.1. The SMILES string of the molecule is CCNC(=O)C(C)N(Cc1cccc(C)c1)C(=O)CN(c1cc(Cl)ccc1Cl)S(=O)(=O)c1ccc(C)cc1. The molecule has 10 heteroatoms. The average Bonchev–Trinajstić information content (AvgIpc) is 2.87. The average molecular weight is 577 g/mol. The second kappa shape index (κ2) is 12.7. The van der Waals surface area contributed by atoms with Crippen LogP contribution in [-0.4, -0.2) is 44.3 Å². The number of carbonyl (C=O) groups is 2. The van der Waals surface area contributed by atoms with Crippen molar-refractivity contribution in [2.24, 2.45) is 0 Å². The summed E-state index contributed by atoms with van der Waals surface area (Å²) in [5.74, 6) is -0.917. The number of likely N-dealkylation sites (N-methyl/N-ethyl adjacent to an activating group) is 1. The molecule has 0 fully saturated rings. The Labute approximate surface area is 234 Å². The van der Waals surface area contributed by atoms with Crippen molar-refractivity contribution in [2.75, 3.05) is 17.4 Å². The van der Waals surface area contributed by atoms with Gasteiger partial charge in [-0.25, -0.2) is 8.42 Å². The minimum Gasteiger partial charge on any atom is -0.355 e. The zero-order valence-electron chi connectivity index (χ0n) is 21.7. The lowest BCUT2D eigenvalue weighted by molar-refractivity contribution is -0.139. The molecule has 1 atom stereocenters. The number of benzene rings is 3. The summed E-state index contributed by atoms with van der Waals surface area (Å²) < 4.78 is 28.6. The van der Waals surface area contributed by atoms with E-state index >= 15 is 0 Å². The van der Waals surface area contributed by atoms with Crippen LogP contribution < -0.4 is 9.62 Å². The second-order valence-corrected chi connectivity index (χ2v) is 11.7. The summed E-state index contributed by atoms with van der Waals surface area (Å²) in [5, 5.41) is 3.11. The van der Waals surface area contributed by atoms with Gasteiger partial charge in [0.15, 0.2) is 0 Å². The van der Waals surface area contributed by atoms with Crippen molar-refractivity contribution in [2.45, 2.75) is 45.2 Å². The predicted octanol–water partition coefficient (Wildman–Crippen LogP) is 5.36. The third-order valence-corrected chi connectivity index (χ3v) is 8.35. The van der Waals surface area contributed by atoms with E-state index in [2.05, 4.69) is 5.32 Å². The van der Waals surface area contributed by atoms with Gasteiger partial charge < -0.3 is 10.2 Å². The number of carbonyl (C=O) groups excluding carboxylic acids is 2. The van der Waals surface area contributed by atoms with E-state index in [0.717, 1.165) is 21.0 Å². The Bertz CT molecular complexity index is 1410. The van der Waals surface area contributed by atoms with Gasteiger partial charge in [0.1, 0.15) is 12.6 Å². The van der Waals surface area contributed by atoms with Gasteiger partial charge in [0.2, 0.25) is 11.8 Å². The second-order valence-electron chi connectivity index (χ2n) is 9.00. The van der Waals surface area contributed by atoms with E-state index in [0.29, 0.717) is 6.54 Å². The lowest BCUT2D eigenvalue weighted by Gasteiger charge is -2.32. The molecule has 38 heavy (non-hydrogen) atoms. The van der Waals surface area contributed by atoms with Crippen molar-refractivity contribution in [1.29, 1.82) is 0 Å². The van der Waals surface area contributed by atoms with Gasteiger partial charge in [-0.15, -0.1) is 0 Å². The van der Waals surface area contributed by atoms with Crippen LogP contribution in [0, 0.1) is 13.8 Å². The van der Waals surface area contributed by atoms with E-state index in [-0.39, 0.29) is 33.1 Å². The number of sulfonamides is 1. The Morgan fingerprint density at radius 3 is 2.26 bits per heavy atom. The van der Waals surface area contributed by atoms with Crippen LogP contribution in [0.25, 0.3) is 0 Å². The highest BCUT2D eigenvalue weighted by Crippen LogP contribution is 2.33. The Hall–Kier alpha value is -3.07. The first-order valence-corrected chi connectivity index (χ1v) is 14.3. The van der Waals surface area contributed by atoms with Crippen LogP contribution in [0.15, 0.2) is 71.6 Å². The molecule has 1 unspecified atom stereocenters. The maximum atomic E-state index is 13.9. The van der Waals surface area contributed by atoms with Gasteiger partial charge >= 0.3 is 0 Å². The molecule has 0 aliphatic rings. The molecule has 2 amide bonds. The molecule has 0 aliphatic carbocycles. The number of hydrogen-bond acceptors (Lipinski definition) is 4. The quantitative estimate of drug-likeness (QED) is 0.352. The summed E-state index contributed by atoms with van der Waals surface area (Å²) in [7, 11) is -4.23. The lowest BCUT2D eigenvalue weighted by Crippen LogP contribution is -2.51. The van der Waals surface area contributed by atoms with Gasteiger partial charge in [0, 0.05) is 18.1 Å². The van der Waals surface area contributed by atoms with E-state index in [1.54, 1.807) is 26.0 Å². The van der Waals surface area contributed by atoms with E-state index in [1.165, 1.54) is 35.2 Å². The van der Waals surface area contributed by atoms with Crippen molar-refractivity contribution in [3.8, 4) is 0 Å². The van der Waals surface area contributed by atoms with Crippen molar-refractivity contribution >= 4 is 50.7 Å². The molecular formula is C28H31Cl2N3O4S. The number of nitrogens with one attached hydrogen (secondary N) is 1. The van der Waals surface area contributed by atoms with Crippen LogP contribution in [-0.2, 0) is 26.2 Å². The number of anilines is 1. The number of rotatable bonds is 10. The molecule has 0 aliphatic heterocycles. The summed E-state index contributed by atoms with van der Waals surface area (Å²) in [4.78, 5) is 28.0. The van der Waals surface area contributed by atoms with E-state index in [4.69, 9.17) is 23.2 Å². The van der Waals surface area contributed by atoms with E-state index in [9.17, 15) is 18.0 Å². The standard InChI is InChI=1S/C28H31Cl2N3O4S/c1-5-31-28(35)21(4)32(17-22-8-6-7-20(3)15-22)27(34)18-33(26-16-23(29)11-14-25(26)30)38(36,37)24-12-9-19(2)10-13-24/h6-16,21H,5,17-18H2,1-4H3,(H,31,35). The summed E-state index contributed by atoms with van der Waals surface area (Å²) in [6.07, 6.45) is 0. The first kappa shape index (κ1) is 29.5. The van der Waals surface area contributed by atoms with Crippen LogP contribution >= 0.6 is 23.2 Å². The van der Waals surface area contributed by atoms with Crippen molar-refractivity contribution in [3.63, 3.8) is 0 Å². The molecule has 0 saturated heterocycles. The molecule has 0 spiro atoms. The van der Waals surface area contributed by atoms with Gasteiger partial charge in [0.25, 0.3) is 10.0 Å².